The zero-order chi connectivity index (χ0) is 24.5. The van der Waals surface area contributed by atoms with Crippen LogP contribution >= 0.6 is 0 Å². The standard InChI is InChI=1S/C28H27N3O5/c32-26(30-13-5-6-14-30)17-34-23-10-4-2-8-21(23)27-29-22-9-3-1-7-20(22)28(33)31(27)16-19-11-12-24-25(15-19)36-18-35-24/h1-4,7-12,15,27,29H,5-6,13-14,16-18H2/t27-/m1/s1. The third-order valence-electron chi connectivity index (χ3n) is 6.84. The topological polar surface area (TPSA) is 80.3 Å². The van der Waals surface area contributed by atoms with Crippen LogP contribution in [0.4, 0.5) is 5.69 Å². The van der Waals surface area contributed by atoms with Gasteiger partial charge in [0.25, 0.3) is 11.8 Å². The van der Waals surface area contributed by atoms with Crippen LogP contribution in [0.3, 0.4) is 0 Å². The van der Waals surface area contributed by atoms with E-state index in [1.54, 1.807) is 4.90 Å². The maximum atomic E-state index is 13.7. The van der Waals surface area contributed by atoms with Crippen LogP contribution in [0.2, 0.25) is 0 Å². The van der Waals surface area contributed by atoms with Crippen LogP contribution in [-0.4, -0.2) is 48.1 Å². The minimum absolute atomic E-state index is 0.0162. The Morgan fingerprint density at radius 1 is 0.972 bits per heavy atom. The van der Waals surface area contributed by atoms with E-state index < -0.39 is 6.17 Å². The Morgan fingerprint density at radius 3 is 2.64 bits per heavy atom. The predicted octanol–water partition coefficient (Wildman–Crippen LogP) is 4.18. The molecule has 184 valence electrons. The number of likely N-dealkylation sites (tertiary alicyclic amines) is 1. The summed E-state index contributed by atoms with van der Waals surface area (Å²) < 4.78 is 17.0. The van der Waals surface area contributed by atoms with Gasteiger partial charge in [-0.05, 0) is 48.7 Å². The monoisotopic (exact) mass is 485 g/mol. The second kappa shape index (κ2) is 9.45. The van der Waals surface area contributed by atoms with Gasteiger partial charge in [0, 0.05) is 30.9 Å². The van der Waals surface area contributed by atoms with Crippen LogP contribution in [0.5, 0.6) is 17.2 Å². The number of benzene rings is 3. The maximum absolute atomic E-state index is 13.7. The summed E-state index contributed by atoms with van der Waals surface area (Å²) in [6.45, 7) is 2.07. The van der Waals surface area contributed by atoms with Crippen molar-refractivity contribution >= 4 is 17.5 Å². The Hall–Kier alpha value is -4.20. The first-order valence-corrected chi connectivity index (χ1v) is 12.2. The van der Waals surface area contributed by atoms with E-state index in [2.05, 4.69) is 5.32 Å². The smallest absolute Gasteiger partial charge is 0.260 e. The molecule has 0 saturated carbocycles. The van der Waals surface area contributed by atoms with E-state index >= 15 is 0 Å². The van der Waals surface area contributed by atoms with Crippen molar-refractivity contribution in [3.63, 3.8) is 0 Å². The molecule has 0 bridgehead atoms. The van der Waals surface area contributed by atoms with Gasteiger partial charge in [-0.1, -0.05) is 36.4 Å². The first-order valence-electron chi connectivity index (χ1n) is 12.2. The Labute approximate surface area is 209 Å². The van der Waals surface area contributed by atoms with Gasteiger partial charge in [0.2, 0.25) is 6.79 Å². The first-order chi connectivity index (χ1) is 17.7. The zero-order valence-electron chi connectivity index (χ0n) is 19.8. The van der Waals surface area contributed by atoms with Gasteiger partial charge < -0.3 is 29.3 Å². The molecule has 1 atom stereocenters. The SMILES string of the molecule is O=C(COc1ccccc1[C@@H]1Nc2ccccc2C(=O)N1Cc1ccc2c(c1)OCO2)N1CCCC1. The van der Waals surface area contributed by atoms with Crippen molar-refractivity contribution in [1.29, 1.82) is 0 Å². The van der Waals surface area contributed by atoms with E-state index in [4.69, 9.17) is 14.2 Å². The number of para-hydroxylation sites is 2. The van der Waals surface area contributed by atoms with Crippen molar-refractivity contribution in [2.24, 2.45) is 0 Å². The number of amides is 2. The average Bonchev–Trinajstić information content (AvgIpc) is 3.61. The molecule has 3 heterocycles. The molecule has 36 heavy (non-hydrogen) atoms. The number of carbonyl (C=O) groups is 2. The van der Waals surface area contributed by atoms with Crippen molar-refractivity contribution in [1.82, 2.24) is 9.80 Å². The van der Waals surface area contributed by atoms with Gasteiger partial charge in [-0.25, -0.2) is 0 Å². The highest BCUT2D eigenvalue weighted by Crippen LogP contribution is 2.39. The number of nitrogens with one attached hydrogen (secondary N) is 1. The fourth-order valence-corrected chi connectivity index (χ4v) is 4.97. The number of hydrogen-bond acceptors (Lipinski definition) is 6. The zero-order valence-corrected chi connectivity index (χ0v) is 19.8. The Morgan fingerprint density at radius 2 is 1.75 bits per heavy atom. The van der Waals surface area contributed by atoms with Crippen LogP contribution in [0, 0.1) is 0 Å². The molecule has 0 unspecified atom stereocenters. The number of fused-ring (bicyclic) bond motifs is 2. The fourth-order valence-electron chi connectivity index (χ4n) is 4.97. The Bertz CT molecular complexity index is 1300. The molecule has 0 aliphatic carbocycles. The molecule has 0 radical (unpaired) electrons. The number of anilines is 1. The van der Waals surface area contributed by atoms with E-state index in [0.717, 1.165) is 42.7 Å². The number of nitrogens with zero attached hydrogens (tertiary/aromatic N) is 2. The van der Waals surface area contributed by atoms with Crippen molar-refractivity contribution in [3.05, 3.63) is 83.4 Å². The fraction of sp³-hybridized carbons (Fsp3) is 0.286. The van der Waals surface area contributed by atoms with E-state index in [0.29, 0.717) is 29.4 Å². The lowest BCUT2D eigenvalue weighted by Gasteiger charge is -2.38. The van der Waals surface area contributed by atoms with Gasteiger partial charge >= 0.3 is 0 Å². The van der Waals surface area contributed by atoms with Crippen LogP contribution in [-0.2, 0) is 11.3 Å². The lowest BCUT2D eigenvalue weighted by molar-refractivity contribution is -0.132. The number of rotatable bonds is 6. The van der Waals surface area contributed by atoms with Gasteiger partial charge in [-0.2, -0.15) is 0 Å². The summed E-state index contributed by atoms with van der Waals surface area (Å²) in [6, 6.07) is 20.8. The lowest BCUT2D eigenvalue weighted by Crippen LogP contribution is -2.42. The summed E-state index contributed by atoms with van der Waals surface area (Å²) in [6.07, 6.45) is 1.57. The highest BCUT2D eigenvalue weighted by atomic mass is 16.7. The Balaban J connectivity index is 1.31. The van der Waals surface area contributed by atoms with E-state index in [1.165, 1.54) is 0 Å². The summed E-state index contributed by atoms with van der Waals surface area (Å²) in [4.78, 5) is 30.0. The largest absolute Gasteiger partial charge is 0.483 e. The molecule has 1 fully saturated rings. The molecule has 0 spiro atoms. The average molecular weight is 486 g/mol. The number of ether oxygens (including phenoxy) is 3. The van der Waals surface area contributed by atoms with Crippen LogP contribution in [0.25, 0.3) is 0 Å². The summed E-state index contributed by atoms with van der Waals surface area (Å²) in [5.41, 5.74) is 3.08. The molecule has 6 rings (SSSR count). The third kappa shape index (κ3) is 4.19. The summed E-state index contributed by atoms with van der Waals surface area (Å²) in [7, 11) is 0. The molecule has 1 saturated heterocycles. The first kappa shape index (κ1) is 22.3. The molecule has 8 nitrogen and oxygen atoms in total. The molecule has 0 aromatic heterocycles. The Kier molecular flexibility index (Phi) is 5.85. The van der Waals surface area contributed by atoms with Gasteiger partial charge in [0.15, 0.2) is 18.1 Å². The summed E-state index contributed by atoms with van der Waals surface area (Å²) >= 11 is 0. The number of carbonyl (C=O) groups excluding carboxylic acids is 2. The molecule has 3 aliphatic rings. The highest BCUT2D eigenvalue weighted by molar-refractivity contribution is 6.01. The van der Waals surface area contributed by atoms with Crippen LogP contribution in [0.1, 0.15) is 40.5 Å². The second-order valence-corrected chi connectivity index (χ2v) is 9.13. The maximum Gasteiger partial charge on any atom is 0.260 e. The van der Waals surface area contributed by atoms with Crippen molar-refractivity contribution in [2.45, 2.75) is 25.6 Å². The minimum atomic E-state index is -0.490. The molecule has 3 aromatic rings. The molecule has 1 N–H and O–H groups in total. The van der Waals surface area contributed by atoms with Crippen molar-refractivity contribution in [3.8, 4) is 17.2 Å². The molecular weight excluding hydrogens is 458 g/mol. The summed E-state index contributed by atoms with van der Waals surface area (Å²) in [5, 5.41) is 3.52. The molecule has 3 aromatic carbocycles. The number of hydrogen-bond donors (Lipinski definition) is 1. The second-order valence-electron chi connectivity index (χ2n) is 9.13. The van der Waals surface area contributed by atoms with Gasteiger partial charge in [0.05, 0.1) is 5.56 Å². The van der Waals surface area contributed by atoms with Gasteiger partial charge in [0.1, 0.15) is 11.9 Å². The summed E-state index contributed by atoms with van der Waals surface area (Å²) in [5.74, 6) is 1.84. The van der Waals surface area contributed by atoms with Gasteiger partial charge in [-0.15, -0.1) is 0 Å². The molecule has 3 aliphatic heterocycles. The molecule has 8 heteroatoms. The lowest BCUT2D eigenvalue weighted by atomic mass is 10.0. The predicted molar refractivity (Wildman–Crippen MR) is 133 cm³/mol. The molecule has 2 amide bonds. The van der Waals surface area contributed by atoms with E-state index in [9.17, 15) is 9.59 Å². The highest BCUT2D eigenvalue weighted by Gasteiger charge is 2.35. The van der Waals surface area contributed by atoms with Crippen LogP contribution < -0.4 is 19.5 Å². The minimum Gasteiger partial charge on any atom is -0.483 e. The van der Waals surface area contributed by atoms with E-state index in [-0.39, 0.29) is 25.2 Å². The molecular formula is C28H27N3O5. The quantitative estimate of drug-likeness (QED) is 0.564. The van der Waals surface area contributed by atoms with E-state index in [1.807, 2.05) is 71.6 Å². The van der Waals surface area contributed by atoms with Crippen molar-refractivity contribution < 1.29 is 23.8 Å². The van der Waals surface area contributed by atoms with Gasteiger partial charge in [-0.3, -0.25) is 9.59 Å². The normalized spacial score (nSPS) is 18.1. The third-order valence-corrected chi connectivity index (χ3v) is 6.84. The van der Waals surface area contributed by atoms with Crippen molar-refractivity contribution in [2.75, 3.05) is 31.8 Å². The van der Waals surface area contributed by atoms with Crippen LogP contribution in [0.15, 0.2) is 66.7 Å².